The summed E-state index contributed by atoms with van der Waals surface area (Å²) in [6.45, 7) is 3.84. The molecule has 23 heavy (non-hydrogen) atoms. The van der Waals surface area contributed by atoms with Gasteiger partial charge in [0.2, 0.25) is 0 Å². The average Bonchev–Trinajstić information content (AvgIpc) is 3.04. The van der Waals surface area contributed by atoms with E-state index in [1.165, 1.54) is 0 Å². The van der Waals surface area contributed by atoms with Crippen molar-refractivity contribution in [2.45, 2.75) is 38.3 Å². The highest BCUT2D eigenvalue weighted by Crippen LogP contribution is 2.31. The van der Waals surface area contributed by atoms with E-state index in [9.17, 15) is 9.90 Å². The summed E-state index contributed by atoms with van der Waals surface area (Å²) in [5.41, 5.74) is 1.66. The highest BCUT2D eigenvalue weighted by atomic mass is 16.5. The molecule has 0 saturated carbocycles. The fourth-order valence-corrected chi connectivity index (χ4v) is 3.72. The minimum Gasteiger partial charge on any atom is -0.496 e. The van der Waals surface area contributed by atoms with E-state index in [-0.39, 0.29) is 24.0 Å². The monoisotopic (exact) mass is 319 g/mol. The van der Waals surface area contributed by atoms with Gasteiger partial charge in [-0.1, -0.05) is 6.07 Å². The first kappa shape index (κ1) is 16.3. The van der Waals surface area contributed by atoms with Crippen LogP contribution in [0.3, 0.4) is 0 Å². The third-order valence-corrected chi connectivity index (χ3v) is 5.07. The number of aliphatic hydroxyl groups excluding tert-OH is 1. The molecule has 2 aliphatic rings. The molecule has 5 heteroatoms. The number of carbonyl (C=O) groups excluding carboxylic acids is 1. The summed E-state index contributed by atoms with van der Waals surface area (Å²) in [5, 5.41) is 10.3. The maximum atomic E-state index is 12.9. The molecule has 2 heterocycles. The Morgan fingerprint density at radius 2 is 2.22 bits per heavy atom. The van der Waals surface area contributed by atoms with Crippen LogP contribution >= 0.6 is 0 Å². The van der Waals surface area contributed by atoms with Crippen molar-refractivity contribution in [1.82, 2.24) is 4.90 Å². The first-order valence-corrected chi connectivity index (χ1v) is 8.33. The number of aryl methyl sites for hydroxylation is 1. The lowest BCUT2D eigenvalue weighted by atomic mass is 9.89. The third-order valence-electron chi connectivity index (χ3n) is 5.07. The highest BCUT2D eigenvalue weighted by Gasteiger charge is 2.39. The van der Waals surface area contributed by atoms with Gasteiger partial charge in [-0.05, 0) is 43.9 Å². The number of amides is 1. The smallest absolute Gasteiger partial charge is 0.254 e. The molecule has 126 valence electrons. The second-order valence-corrected chi connectivity index (χ2v) is 6.49. The summed E-state index contributed by atoms with van der Waals surface area (Å²) in [6, 6.07) is 5.63. The SMILES string of the molecule is COc1cc(C(=O)N2CCC[C@@H]2[C@H]2COCC[C@H]2O)ccc1C. The third kappa shape index (κ3) is 3.21. The lowest BCUT2D eigenvalue weighted by Crippen LogP contribution is -2.48. The van der Waals surface area contributed by atoms with E-state index >= 15 is 0 Å². The second-order valence-electron chi connectivity index (χ2n) is 6.49. The van der Waals surface area contributed by atoms with E-state index in [0.29, 0.717) is 25.2 Å². The van der Waals surface area contributed by atoms with Gasteiger partial charge in [0.15, 0.2) is 0 Å². The van der Waals surface area contributed by atoms with Gasteiger partial charge in [0.1, 0.15) is 5.75 Å². The van der Waals surface area contributed by atoms with Gasteiger partial charge >= 0.3 is 0 Å². The standard InChI is InChI=1S/C18H25NO4/c1-12-5-6-13(10-17(12)22-2)18(21)19-8-3-4-15(19)14-11-23-9-7-16(14)20/h5-6,10,14-16,20H,3-4,7-9,11H2,1-2H3/t14-,15-,16-/m1/s1. The Labute approximate surface area is 137 Å². The van der Waals surface area contributed by atoms with Crippen molar-refractivity contribution in [3.8, 4) is 5.75 Å². The van der Waals surface area contributed by atoms with Crippen LogP contribution in [-0.2, 0) is 4.74 Å². The predicted molar refractivity (Wildman–Crippen MR) is 86.7 cm³/mol. The second kappa shape index (κ2) is 6.89. The Morgan fingerprint density at radius 1 is 1.39 bits per heavy atom. The molecule has 2 fully saturated rings. The molecular formula is C18H25NO4. The van der Waals surface area contributed by atoms with E-state index in [4.69, 9.17) is 9.47 Å². The van der Waals surface area contributed by atoms with Crippen molar-refractivity contribution in [3.63, 3.8) is 0 Å². The number of methoxy groups -OCH3 is 1. The van der Waals surface area contributed by atoms with Crippen molar-refractivity contribution < 1.29 is 19.4 Å². The topological polar surface area (TPSA) is 59.0 Å². The number of rotatable bonds is 3. The van der Waals surface area contributed by atoms with Crippen molar-refractivity contribution in [2.75, 3.05) is 26.9 Å². The number of hydrogen-bond donors (Lipinski definition) is 1. The van der Waals surface area contributed by atoms with E-state index in [0.717, 1.165) is 30.7 Å². The minimum absolute atomic E-state index is 0.0162. The molecule has 0 radical (unpaired) electrons. The van der Waals surface area contributed by atoms with Crippen LogP contribution in [0.4, 0.5) is 0 Å². The van der Waals surface area contributed by atoms with E-state index in [1.54, 1.807) is 13.2 Å². The molecule has 1 N–H and O–H groups in total. The maximum Gasteiger partial charge on any atom is 0.254 e. The van der Waals surface area contributed by atoms with Crippen molar-refractivity contribution >= 4 is 5.91 Å². The van der Waals surface area contributed by atoms with Crippen molar-refractivity contribution in [3.05, 3.63) is 29.3 Å². The van der Waals surface area contributed by atoms with Crippen LogP contribution in [0, 0.1) is 12.8 Å². The first-order chi connectivity index (χ1) is 11.1. The Kier molecular flexibility index (Phi) is 4.87. The van der Waals surface area contributed by atoms with Crippen LogP contribution in [0.1, 0.15) is 35.2 Å². The van der Waals surface area contributed by atoms with Gasteiger partial charge in [-0.25, -0.2) is 0 Å². The number of hydrogen-bond acceptors (Lipinski definition) is 4. The van der Waals surface area contributed by atoms with Crippen LogP contribution in [0.15, 0.2) is 18.2 Å². The first-order valence-electron chi connectivity index (χ1n) is 8.33. The largest absolute Gasteiger partial charge is 0.496 e. The molecule has 0 bridgehead atoms. The summed E-state index contributed by atoms with van der Waals surface area (Å²) < 4.78 is 10.9. The van der Waals surface area contributed by atoms with Crippen LogP contribution in [0.5, 0.6) is 5.75 Å². The fraction of sp³-hybridized carbons (Fsp3) is 0.611. The predicted octanol–water partition coefficient (Wildman–Crippen LogP) is 2.01. The van der Waals surface area contributed by atoms with Gasteiger partial charge in [0.25, 0.3) is 5.91 Å². The lowest BCUT2D eigenvalue weighted by Gasteiger charge is -2.37. The summed E-state index contributed by atoms with van der Waals surface area (Å²) in [5.74, 6) is 0.763. The number of benzene rings is 1. The van der Waals surface area contributed by atoms with Crippen LogP contribution in [-0.4, -0.2) is 54.9 Å². The number of nitrogens with zero attached hydrogens (tertiary/aromatic N) is 1. The van der Waals surface area contributed by atoms with Gasteiger partial charge < -0.3 is 19.5 Å². The molecule has 0 unspecified atom stereocenters. The fourth-order valence-electron chi connectivity index (χ4n) is 3.72. The van der Waals surface area contributed by atoms with Crippen LogP contribution < -0.4 is 4.74 Å². The maximum absolute atomic E-state index is 12.9. The zero-order valence-corrected chi connectivity index (χ0v) is 13.8. The van der Waals surface area contributed by atoms with Crippen molar-refractivity contribution in [2.24, 2.45) is 5.92 Å². The molecule has 2 saturated heterocycles. The molecular weight excluding hydrogens is 294 g/mol. The highest BCUT2D eigenvalue weighted by molar-refractivity contribution is 5.95. The van der Waals surface area contributed by atoms with Gasteiger partial charge in [-0.2, -0.15) is 0 Å². The van der Waals surface area contributed by atoms with Gasteiger partial charge in [0.05, 0.1) is 19.8 Å². The van der Waals surface area contributed by atoms with Gasteiger partial charge in [-0.15, -0.1) is 0 Å². The van der Waals surface area contributed by atoms with Gasteiger partial charge in [0, 0.05) is 30.7 Å². The van der Waals surface area contributed by atoms with E-state index in [1.807, 2.05) is 24.0 Å². The van der Waals surface area contributed by atoms with Crippen molar-refractivity contribution in [1.29, 1.82) is 0 Å². The van der Waals surface area contributed by atoms with Crippen LogP contribution in [0.25, 0.3) is 0 Å². The zero-order valence-electron chi connectivity index (χ0n) is 13.8. The summed E-state index contributed by atoms with van der Waals surface area (Å²) >= 11 is 0. The van der Waals surface area contributed by atoms with E-state index in [2.05, 4.69) is 0 Å². The molecule has 3 atom stereocenters. The number of carbonyl (C=O) groups is 1. The Morgan fingerprint density at radius 3 is 2.96 bits per heavy atom. The molecule has 1 aromatic carbocycles. The normalized spacial score (nSPS) is 28.0. The average molecular weight is 319 g/mol. The Balaban J connectivity index is 1.80. The number of ether oxygens (including phenoxy) is 2. The lowest BCUT2D eigenvalue weighted by molar-refractivity contribution is -0.0589. The number of likely N-dealkylation sites (tertiary alicyclic amines) is 1. The number of aliphatic hydroxyl groups is 1. The molecule has 2 aliphatic heterocycles. The minimum atomic E-state index is -0.380. The van der Waals surface area contributed by atoms with Crippen LogP contribution in [0.2, 0.25) is 0 Å². The summed E-state index contributed by atoms with van der Waals surface area (Å²) in [7, 11) is 1.62. The molecule has 1 aromatic rings. The van der Waals surface area contributed by atoms with E-state index < -0.39 is 0 Å². The molecule has 0 aliphatic carbocycles. The van der Waals surface area contributed by atoms with Gasteiger partial charge in [-0.3, -0.25) is 4.79 Å². The quantitative estimate of drug-likeness (QED) is 0.926. The molecule has 5 nitrogen and oxygen atoms in total. The molecule has 1 amide bonds. The molecule has 0 spiro atoms. The zero-order chi connectivity index (χ0) is 16.4. The molecule has 3 rings (SSSR count). The molecule has 0 aromatic heterocycles. The summed E-state index contributed by atoms with van der Waals surface area (Å²) in [4.78, 5) is 14.8. The Hall–Kier alpha value is -1.59. The Bertz CT molecular complexity index is 574. The summed E-state index contributed by atoms with van der Waals surface area (Å²) in [6.07, 6.45) is 2.18.